The number of hydrogen-bond acceptors (Lipinski definition) is 5. The predicted molar refractivity (Wildman–Crippen MR) is 57.9 cm³/mol. The zero-order chi connectivity index (χ0) is 15.1. The number of aliphatic hydroxyl groups is 2. The standard InChI is InChI=1S/C10H11F3N2O5/c11-10(12,13)5-2-15(9(19)14-7(5)18)8-6(17)1-4(3-16)20-8/h2,4,6,8,16-17H,1,3H2,(H,14,18,19)/t4-,6+,8+/m0/s1. The average molecular weight is 296 g/mol. The van der Waals surface area contributed by atoms with Crippen LogP contribution >= 0.6 is 0 Å². The smallest absolute Gasteiger partial charge is 0.394 e. The van der Waals surface area contributed by atoms with Crippen LogP contribution in [0.2, 0.25) is 0 Å². The Balaban J connectivity index is 2.48. The molecule has 2 heterocycles. The van der Waals surface area contributed by atoms with E-state index in [1.54, 1.807) is 0 Å². The highest BCUT2D eigenvalue weighted by Gasteiger charge is 2.39. The highest BCUT2D eigenvalue weighted by atomic mass is 19.4. The van der Waals surface area contributed by atoms with Gasteiger partial charge < -0.3 is 14.9 Å². The highest BCUT2D eigenvalue weighted by Crippen LogP contribution is 2.30. The van der Waals surface area contributed by atoms with E-state index in [0.717, 1.165) is 0 Å². The van der Waals surface area contributed by atoms with Gasteiger partial charge in [0.25, 0.3) is 5.56 Å². The largest absolute Gasteiger partial charge is 0.423 e. The maximum atomic E-state index is 12.6. The SMILES string of the molecule is O=c1[nH]c(=O)n([C@@H]2O[C@H](CO)C[C@H]2O)cc1C(F)(F)F. The van der Waals surface area contributed by atoms with Crippen LogP contribution in [0, 0.1) is 0 Å². The van der Waals surface area contributed by atoms with Gasteiger partial charge in [-0.3, -0.25) is 14.3 Å². The number of rotatable bonds is 2. The van der Waals surface area contributed by atoms with E-state index < -0.39 is 48.0 Å². The fraction of sp³-hybridized carbons (Fsp3) is 0.600. The van der Waals surface area contributed by atoms with Gasteiger partial charge in [0.2, 0.25) is 0 Å². The second-order valence-corrected chi connectivity index (χ2v) is 4.34. The van der Waals surface area contributed by atoms with Crippen LogP contribution in [-0.2, 0) is 10.9 Å². The molecule has 1 aliphatic rings. The highest BCUT2D eigenvalue weighted by molar-refractivity contribution is 5.09. The van der Waals surface area contributed by atoms with Crippen molar-refractivity contribution in [3.05, 3.63) is 32.6 Å². The van der Waals surface area contributed by atoms with Crippen LogP contribution in [0.15, 0.2) is 15.8 Å². The van der Waals surface area contributed by atoms with Crippen LogP contribution in [0.3, 0.4) is 0 Å². The van der Waals surface area contributed by atoms with Crippen LogP contribution < -0.4 is 11.2 Å². The van der Waals surface area contributed by atoms with Gasteiger partial charge in [-0.05, 0) is 0 Å². The number of aliphatic hydroxyl groups excluding tert-OH is 2. The predicted octanol–water partition coefficient (Wildman–Crippen LogP) is -0.804. The summed E-state index contributed by atoms with van der Waals surface area (Å²) in [5.41, 5.74) is -4.27. The van der Waals surface area contributed by atoms with Crippen molar-refractivity contribution in [3.63, 3.8) is 0 Å². The summed E-state index contributed by atoms with van der Waals surface area (Å²) in [7, 11) is 0. The molecule has 0 bridgehead atoms. The zero-order valence-corrected chi connectivity index (χ0v) is 9.92. The van der Waals surface area contributed by atoms with Gasteiger partial charge in [0.05, 0.1) is 12.7 Å². The van der Waals surface area contributed by atoms with Crippen molar-refractivity contribution in [3.8, 4) is 0 Å². The van der Waals surface area contributed by atoms with Gasteiger partial charge in [0.1, 0.15) is 11.7 Å². The number of halogens is 3. The van der Waals surface area contributed by atoms with Crippen LogP contribution in [0.5, 0.6) is 0 Å². The van der Waals surface area contributed by atoms with Crippen molar-refractivity contribution >= 4 is 0 Å². The molecule has 20 heavy (non-hydrogen) atoms. The Kier molecular flexibility index (Phi) is 3.71. The Bertz CT molecular complexity index is 608. The zero-order valence-electron chi connectivity index (χ0n) is 9.92. The first-order chi connectivity index (χ1) is 9.24. The lowest BCUT2D eigenvalue weighted by molar-refractivity contribution is -0.140. The second-order valence-electron chi connectivity index (χ2n) is 4.34. The maximum absolute atomic E-state index is 12.6. The number of aromatic amines is 1. The quantitative estimate of drug-likeness (QED) is 0.662. The van der Waals surface area contributed by atoms with E-state index in [1.165, 1.54) is 4.98 Å². The summed E-state index contributed by atoms with van der Waals surface area (Å²) >= 11 is 0. The lowest BCUT2D eigenvalue weighted by Crippen LogP contribution is -2.38. The molecule has 2 rings (SSSR count). The lowest BCUT2D eigenvalue weighted by Gasteiger charge is -2.18. The first-order valence-corrected chi connectivity index (χ1v) is 5.61. The summed E-state index contributed by atoms with van der Waals surface area (Å²) in [6.07, 6.45) is -8.12. The first kappa shape index (κ1) is 14.8. The third-order valence-corrected chi connectivity index (χ3v) is 2.92. The number of ether oxygens (including phenoxy) is 1. The molecule has 0 spiro atoms. The number of hydrogen-bond donors (Lipinski definition) is 3. The molecule has 1 fully saturated rings. The molecule has 7 nitrogen and oxygen atoms in total. The van der Waals surface area contributed by atoms with E-state index in [4.69, 9.17) is 9.84 Å². The van der Waals surface area contributed by atoms with Crippen molar-refractivity contribution in [2.45, 2.75) is 31.0 Å². The molecule has 1 aliphatic heterocycles. The molecule has 0 saturated carbocycles. The van der Waals surface area contributed by atoms with E-state index in [2.05, 4.69) is 0 Å². The molecule has 1 aromatic heterocycles. The Morgan fingerprint density at radius 3 is 2.60 bits per heavy atom. The molecule has 0 unspecified atom stereocenters. The maximum Gasteiger partial charge on any atom is 0.423 e. The van der Waals surface area contributed by atoms with E-state index >= 15 is 0 Å². The summed E-state index contributed by atoms with van der Waals surface area (Å²) < 4.78 is 43.4. The van der Waals surface area contributed by atoms with Crippen molar-refractivity contribution in [1.29, 1.82) is 0 Å². The number of aromatic nitrogens is 2. The third kappa shape index (κ3) is 2.62. The summed E-state index contributed by atoms with van der Waals surface area (Å²) in [6.45, 7) is -0.447. The van der Waals surface area contributed by atoms with E-state index in [9.17, 15) is 27.9 Å². The van der Waals surface area contributed by atoms with E-state index in [1.807, 2.05) is 0 Å². The minimum Gasteiger partial charge on any atom is -0.394 e. The van der Waals surface area contributed by atoms with Gasteiger partial charge in [-0.1, -0.05) is 0 Å². The van der Waals surface area contributed by atoms with Crippen LogP contribution in [0.4, 0.5) is 13.2 Å². The summed E-state index contributed by atoms with van der Waals surface area (Å²) in [5, 5.41) is 18.5. The Hall–Kier alpha value is -1.65. The molecule has 10 heteroatoms. The minimum absolute atomic E-state index is 0.0336. The Labute approximate surface area is 109 Å². The van der Waals surface area contributed by atoms with Gasteiger partial charge in [-0.25, -0.2) is 4.79 Å². The van der Waals surface area contributed by atoms with Gasteiger partial charge in [-0.2, -0.15) is 13.2 Å². The monoisotopic (exact) mass is 296 g/mol. The van der Waals surface area contributed by atoms with Crippen molar-refractivity contribution in [1.82, 2.24) is 9.55 Å². The fourth-order valence-electron chi connectivity index (χ4n) is 1.97. The van der Waals surface area contributed by atoms with E-state index in [0.29, 0.717) is 10.8 Å². The molecule has 0 amide bonds. The number of alkyl halides is 3. The fourth-order valence-corrected chi connectivity index (χ4v) is 1.97. The first-order valence-electron chi connectivity index (χ1n) is 5.61. The molecule has 0 radical (unpaired) electrons. The summed E-state index contributed by atoms with van der Waals surface area (Å²) in [4.78, 5) is 24.2. The van der Waals surface area contributed by atoms with Crippen molar-refractivity contribution < 1.29 is 28.1 Å². The number of nitrogens with zero attached hydrogens (tertiary/aromatic N) is 1. The topological polar surface area (TPSA) is 105 Å². The van der Waals surface area contributed by atoms with Gasteiger partial charge in [0, 0.05) is 12.6 Å². The third-order valence-electron chi connectivity index (χ3n) is 2.92. The summed E-state index contributed by atoms with van der Waals surface area (Å²) in [6, 6.07) is 0. The lowest BCUT2D eigenvalue weighted by atomic mass is 10.2. The Morgan fingerprint density at radius 1 is 1.45 bits per heavy atom. The molecule has 112 valence electrons. The van der Waals surface area contributed by atoms with Gasteiger partial charge in [0.15, 0.2) is 6.23 Å². The molecule has 0 aliphatic carbocycles. The minimum atomic E-state index is -4.94. The van der Waals surface area contributed by atoms with Crippen LogP contribution in [-0.4, -0.2) is 38.6 Å². The molecule has 1 saturated heterocycles. The molecular formula is C10H11F3N2O5. The molecular weight excluding hydrogens is 285 g/mol. The second kappa shape index (κ2) is 5.04. The normalized spacial score (nSPS) is 26.9. The molecule has 3 N–H and O–H groups in total. The van der Waals surface area contributed by atoms with Crippen LogP contribution in [0.1, 0.15) is 18.2 Å². The average Bonchev–Trinajstić information content (AvgIpc) is 2.69. The Morgan fingerprint density at radius 2 is 2.10 bits per heavy atom. The number of H-pyrrole nitrogens is 1. The molecule has 0 aromatic carbocycles. The number of nitrogens with one attached hydrogen (secondary N) is 1. The van der Waals surface area contributed by atoms with E-state index in [-0.39, 0.29) is 6.42 Å². The van der Waals surface area contributed by atoms with Gasteiger partial charge in [-0.15, -0.1) is 0 Å². The van der Waals surface area contributed by atoms with Crippen molar-refractivity contribution in [2.75, 3.05) is 6.61 Å². The molecule has 3 atom stereocenters. The van der Waals surface area contributed by atoms with Crippen molar-refractivity contribution in [2.24, 2.45) is 0 Å². The van der Waals surface area contributed by atoms with Gasteiger partial charge >= 0.3 is 11.9 Å². The molecule has 1 aromatic rings. The van der Waals surface area contributed by atoms with Crippen LogP contribution in [0.25, 0.3) is 0 Å². The summed E-state index contributed by atoms with van der Waals surface area (Å²) in [5.74, 6) is 0.